The lowest BCUT2D eigenvalue weighted by Crippen LogP contribution is -2.24. The van der Waals surface area contributed by atoms with Gasteiger partial charge >= 0.3 is 0 Å². The van der Waals surface area contributed by atoms with Crippen LogP contribution in [0.3, 0.4) is 0 Å². The summed E-state index contributed by atoms with van der Waals surface area (Å²) in [6.45, 7) is 3.90. The molecule has 0 fully saturated rings. The average molecular weight is 395 g/mol. The van der Waals surface area contributed by atoms with Gasteiger partial charge in [0.05, 0.1) is 10.6 Å². The maximum absolute atomic E-state index is 12.8. The van der Waals surface area contributed by atoms with Crippen molar-refractivity contribution in [3.8, 4) is 0 Å². The molecule has 0 radical (unpaired) electrons. The molecule has 3 aromatic rings. The van der Waals surface area contributed by atoms with Crippen molar-refractivity contribution in [1.29, 1.82) is 0 Å². The number of hydrogen-bond donors (Lipinski definition) is 2. The van der Waals surface area contributed by atoms with E-state index in [1.165, 1.54) is 12.1 Å². The molecular formula is C21H21N3O3S. The van der Waals surface area contributed by atoms with Crippen molar-refractivity contribution in [3.05, 3.63) is 89.2 Å². The number of carbonyl (C=O) groups is 1. The highest BCUT2D eigenvalue weighted by Crippen LogP contribution is 2.21. The molecule has 3 rings (SSSR count). The summed E-state index contributed by atoms with van der Waals surface area (Å²) in [6.07, 6.45) is 3.32. The van der Waals surface area contributed by atoms with Crippen LogP contribution in [0.15, 0.2) is 71.9 Å². The van der Waals surface area contributed by atoms with Crippen LogP contribution in [-0.2, 0) is 16.6 Å². The molecule has 7 heteroatoms. The summed E-state index contributed by atoms with van der Waals surface area (Å²) in [4.78, 5) is 16.6. The number of nitrogens with zero attached hydrogens (tertiary/aromatic N) is 1. The van der Waals surface area contributed by atoms with Gasteiger partial charge in [0, 0.05) is 24.5 Å². The van der Waals surface area contributed by atoms with E-state index < -0.39 is 10.0 Å². The number of aromatic nitrogens is 1. The van der Waals surface area contributed by atoms with Gasteiger partial charge in [-0.3, -0.25) is 14.5 Å². The minimum atomic E-state index is -3.82. The van der Waals surface area contributed by atoms with E-state index in [9.17, 15) is 13.2 Å². The monoisotopic (exact) mass is 395 g/mol. The number of nitrogens with one attached hydrogen (secondary N) is 2. The average Bonchev–Trinajstić information content (AvgIpc) is 2.69. The molecule has 0 aliphatic heterocycles. The number of amides is 1. The standard InChI is InChI=1S/C21H21N3O3S/c1-15-9-10-18(28(26,27)24-20-8-4-3-6-16(20)2)12-19(15)21(25)23-14-17-7-5-11-22-13-17/h3-13,24H,14H2,1-2H3,(H,23,25). The third-order valence-corrected chi connectivity index (χ3v) is 5.69. The maximum Gasteiger partial charge on any atom is 0.261 e. The van der Waals surface area contributed by atoms with Gasteiger partial charge in [0.1, 0.15) is 0 Å². The fourth-order valence-electron chi connectivity index (χ4n) is 2.68. The van der Waals surface area contributed by atoms with Crippen LogP contribution in [-0.4, -0.2) is 19.3 Å². The molecular weight excluding hydrogens is 374 g/mol. The molecule has 0 bridgehead atoms. The van der Waals surface area contributed by atoms with Gasteiger partial charge in [0.15, 0.2) is 0 Å². The number of rotatable bonds is 6. The van der Waals surface area contributed by atoms with Gasteiger partial charge in [0.25, 0.3) is 15.9 Å². The van der Waals surface area contributed by atoms with Crippen LogP contribution in [0, 0.1) is 13.8 Å². The topological polar surface area (TPSA) is 88.2 Å². The lowest BCUT2D eigenvalue weighted by Gasteiger charge is -2.13. The molecule has 144 valence electrons. The lowest BCUT2D eigenvalue weighted by atomic mass is 10.1. The Morgan fingerprint density at radius 1 is 1.00 bits per heavy atom. The van der Waals surface area contributed by atoms with Crippen LogP contribution in [0.5, 0.6) is 0 Å². The molecule has 2 N–H and O–H groups in total. The van der Waals surface area contributed by atoms with E-state index in [1.54, 1.807) is 43.6 Å². The second-order valence-corrected chi connectivity index (χ2v) is 8.12. The zero-order chi connectivity index (χ0) is 20.1. The molecule has 0 saturated heterocycles. The Morgan fingerprint density at radius 3 is 2.50 bits per heavy atom. The van der Waals surface area contributed by atoms with E-state index in [2.05, 4.69) is 15.0 Å². The second kappa shape index (κ2) is 8.22. The second-order valence-electron chi connectivity index (χ2n) is 6.44. The smallest absolute Gasteiger partial charge is 0.261 e. The van der Waals surface area contributed by atoms with E-state index in [1.807, 2.05) is 25.1 Å². The molecule has 0 unspecified atom stereocenters. The number of benzene rings is 2. The van der Waals surface area contributed by atoms with Crippen molar-refractivity contribution in [2.75, 3.05) is 4.72 Å². The van der Waals surface area contributed by atoms with Crippen molar-refractivity contribution in [2.24, 2.45) is 0 Å². The highest BCUT2D eigenvalue weighted by Gasteiger charge is 2.19. The number of sulfonamides is 1. The summed E-state index contributed by atoms with van der Waals surface area (Å²) in [5.41, 5.74) is 3.19. The Bertz CT molecular complexity index is 1100. The SMILES string of the molecule is Cc1ccccc1NS(=O)(=O)c1ccc(C)c(C(=O)NCc2cccnc2)c1. The van der Waals surface area contributed by atoms with Gasteiger partial charge < -0.3 is 5.32 Å². The Kier molecular flexibility index (Phi) is 5.75. The third kappa shape index (κ3) is 4.55. The first-order chi connectivity index (χ1) is 13.4. The summed E-state index contributed by atoms with van der Waals surface area (Å²) < 4.78 is 28.1. The summed E-state index contributed by atoms with van der Waals surface area (Å²) in [5, 5.41) is 2.80. The molecule has 6 nitrogen and oxygen atoms in total. The Balaban J connectivity index is 1.82. The lowest BCUT2D eigenvalue weighted by molar-refractivity contribution is 0.0950. The summed E-state index contributed by atoms with van der Waals surface area (Å²) in [7, 11) is -3.82. The van der Waals surface area contributed by atoms with Crippen LogP contribution in [0.1, 0.15) is 27.0 Å². The zero-order valence-electron chi connectivity index (χ0n) is 15.6. The molecule has 1 aromatic heterocycles. The van der Waals surface area contributed by atoms with E-state index in [0.717, 1.165) is 11.1 Å². The Hall–Kier alpha value is -3.19. The number of pyridine rings is 1. The van der Waals surface area contributed by atoms with Gasteiger partial charge in [-0.15, -0.1) is 0 Å². The summed E-state index contributed by atoms with van der Waals surface area (Å²) in [5.74, 6) is -0.339. The van der Waals surface area contributed by atoms with Crippen LogP contribution in [0.25, 0.3) is 0 Å². The fourth-order valence-corrected chi connectivity index (χ4v) is 3.84. The van der Waals surface area contributed by atoms with E-state index in [4.69, 9.17) is 0 Å². The Morgan fingerprint density at radius 2 is 1.79 bits per heavy atom. The van der Waals surface area contributed by atoms with Gasteiger partial charge in [-0.05, 0) is 54.8 Å². The van der Waals surface area contributed by atoms with Gasteiger partial charge in [-0.2, -0.15) is 0 Å². The minimum absolute atomic E-state index is 0.0351. The van der Waals surface area contributed by atoms with Crippen molar-refractivity contribution in [1.82, 2.24) is 10.3 Å². The molecule has 0 aliphatic rings. The molecule has 0 spiro atoms. The number of carbonyl (C=O) groups excluding carboxylic acids is 1. The van der Waals surface area contributed by atoms with Crippen molar-refractivity contribution in [2.45, 2.75) is 25.3 Å². The molecule has 0 atom stereocenters. The molecule has 0 aliphatic carbocycles. The summed E-state index contributed by atoms with van der Waals surface area (Å²) in [6, 6.07) is 15.3. The quantitative estimate of drug-likeness (QED) is 0.669. The number of para-hydroxylation sites is 1. The van der Waals surface area contributed by atoms with Crippen molar-refractivity contribution in [3.63, 3.8) is 0 Å². The first kappa shape index (κ1) is 19.6. The van der Waals surface area contributed by atoms with Crippen molar-refractivity contribution >= 4 is 21.6 Å². The van der Waals surface area contributed by atoms with Gasteiger partial charge in [0.2, 0.25) is 0 Å². The fraction of sp³-hybridized carbons (Fsp3) is 0.143. The maximum atomic E-state index is 12.8. The van der Waals surface area contributed by atoms with Crippen LogP contribution >= 0.6 is 0 Å². The van der Waals surface area contributed by atoms with Gasteiger partial charge in [-0.1, -0.05) is 30.3 Å². The summed E-state index contributed by atoms with van der Waals surface area (Å²) >= 11 is 0. The minimum Gasteiger partial charge on any atom is -0.348 e. The van der Waals surface area contributed by atoms with E-state index in [0.29, 0.717) is 23.4 Å². The molecule has 0 saturated carbocycles. The zero-order valence-corrected chi connectivity index (χ0v) is 16.5. The number of aryl methyl sites for hydroxylation is 2. The predicted octanol–water partition coefficient (Wildman–Crippen LogP) is 3.43. The third-order valence-electron chi connectivity index (χ3n) is 4.33. The highest BCUT2D eigenvalue weighted by molar-refractivity contribution is 7.92. The highest BCUT2D eigenvalue weighted by atomic mass is 32.2. The Labute approximate surface area is 164 Å². The largest absolute Gasteiger partial charge is 0.348 e. The predicted molar refractivity (Wildman–Crippen MR) is 109 cm³/mol. The molecule has 1 heterocycles. The molecule has 28 heavy (non-hydrogen) atoms. The van der Waals surface area contributed by atoms with E-state index in [-0.39, 0.29) is 10.8 Å². The first-order valence-corrected chi connectivity index (χ1v) is 10.2. The van der Waals surface area contributed by atoms with Crippen LogP contribution < -0.4 is 10.0 Å². The number of hydrogen-bond acceptors (Lipinski definition) is 4. The van der Waals surface area contributed by atoms with E-state index >= 15 is 0 Å². The van der Waals surface area contributed by atoms with Crippen LogP contribution in [0.4, 0.5) is 5.69 Å². The number of anilines is 1. The molecule has 2 aromatic carbocycles. The molecule has 1 amide bonds. The van der Waals surface area contributed by atoms with Crippen LogP contribution in [0.2, 0.25) is 0 Å². The van der Waals surface area contributed by atoms with Gasteiger partial charge in [-0.25, -0.2) is 8.42 Å². The first-order valence-electron chi connectivity index (χ1n) is 8.73. The van der Waals surface area contributed by atoms with Crippen molar-refractivity contribution < 1.29 is 13.2 Å². The normalized spacial score (nSPS) is 11.1.